The monoisotopic (exact) mass is 416 g/mol. The van der Waals surface area contributed by atoms with Gasteiger partial charge in [0.2, 0.25) is 5.91 Å². The van der Waals surface area contributed by atoms with Gasteiger partial charge in [-0.05, 0) is 37.1 Å². The number of hydrogen-bond donors (Lipinski definition) is 2. The second-order valence-corrected chi connectivity index (χ2v) is 7.80. The summed E-state index contributed by atoms with van der Waals surface area (Å²) >= 11 is 1.59. The molecule has 7 nitrogen and oxygen atoms in total. The Balaban J connectivity index is 1.52. The van der Waals surface area contributed by atoms with Gasteiger partial charge >= 0.3 is 5.69 Å². The van der Waals surface area contributed by atoms with E-state index < -0.39 is 5.76 Å². The highest BCUT2D eigenvalue weighted by Crippen LogP contribution is 2.26. The Morgan fingerprint density at radius 2 is 2.19 bits per heavy atom. The molecule has 0 spiro atoms. The minimum absolute atomic E-state index is 0.0156. The third-order valence-corrected chi connectivity index (χ3v) is 5.53. The average molecular weight is 416 g/mol. The van der Waals surface area contributed by atoms with Gasteiger partial charge < -0.3 is 10.1 Å². The molecule has 1 aromatic heterocycles. The van der Waals surface area contributed by atoms with E-state index in [1.807, 2.05) is 0 Å². The maximum atomic E-state index is 12.3. The maximum absolute atomic E-state index is 12.3. The Morgan fingerprint density at radius 1 is 1.41 bits per heavy atom. The second-order valence-electron chi connectivity index (χ2n) is 5.80. The molecule has 2 N–H and O–H groups in total. The number of aromatic nitrogens is 3. The van der Waals surface area contributed by atoms with Gasteiger partial charge in [0.05, 0.1) is 18.4 Å². The molecule has 1 amide bonds. The Kier molecular flexibility index (Phi) is 6.91. The number of anilines is 1. The Bertz CT molecular complexity index is 820. The molecule has 0 radical (unpaired) electrons. The van der Waals surface area contributed by atoms with E-state index in [1.54, 1.807) is 12.1 Å². The van der Waals surface area contributed by atoms with Crippen molar-refractivity contribution in [3.05, 3.63) is 34.7 Å². The van der Waals surface area contributed by atoms with Gasteiger partial charge in [0, 0.05) is 17.2 Å². The number of carbonyl (C=O) groups is 1. The number of H-pyrrole nitrogens is 1. The number of nitrogens with zero attached hydrogens (tertiary/aromatic N) is 2. The molecule has 2 aromatic rings. The van der Waals surface area contributed by atoms with Crippen LogP contribution in [0.1, 0.15) is 12.8 Å². The molecule has 27 heavy (non-hydrogen) atoms. The zero-order valence-corrected chi connectivity index (χ0v) is 15.8. The number of halogens is 2. The van der Waals surface area contributed by atoms with Crippen LogP contribution in [0.25, 0.3) is 0 Å². The number of ether oxygens (including phenoxy) is 1. The molecule has 3 rings (SSSR count). The fourth-order valence-corrected chi connectivity index (χ4v) is 3.87. The van der Waals surface area contributed by atoms with Gasteiger partial charge in [-0.2, -0.15) is 8.78 Å². The predicted octanol–water partition coefficient (Wildman–Crippen LogP) is 2.80. The van der Waals surface area contributed by atoms with Crippen LogP contribution < -0.4 is 11.0 Å². The van der Waals surface area contributed by atoms with Crippen LogP contribution in [-0.4, -0.2) is 44.9 Å². The summed E-state index contributed by atoms with van der Waals surface area (Å²) in [6.45, 7) is 1.10. The second kappa shape index (κ2) is 9.38. The molecule has 0 bridgehead atoms. The minimum Gasteiger partial charge on any atom is -0.376 e. The Hall–Kier alpha value is -1.85. The lowest BCUT2D eigenvalue weighted by Gasteiger charge is -2.11. The average Bonchev–Trinajstić information content (AvgIpc) is 3.26. The fourth-order valence-electron chi connectivity index (χ4n) is 2.61. The highest BCUT2D eigenvalue weighted by molar-refractivity contribution is 8.00. The number of aromatic amines is 1. The number of carbonyl (C=O) groups excluding carboxylic acids is 1. The maximum Gasteiger partial charge on any atom is 0.344 e. The lowest BCUT2D eigenvalue weighted by molar-refractivity contribution is -0.113. The molecule has 0 aliphatic carbocycles. The van der Waals surface area contributed by atoms with Crippen molar-refractivity contribution in [1.29, 1.82) is 0 Å². The number of rotatable bonds is 8. The molecule has 11 heteroatoms. The van der Waals surface area contributed by atoms with Crippen molar-refractivity contribution in [3.63, 3.8) is 0 Å². The Morgan fingerprint density at radius 3 is 2.85 bits per heavy atom. The van der Waals surface area contributed by atoms with Crippen molar-refractivity contribution in [2.45, 2.75) is 41.3 Å². The van der Waals surface area contributed by atoms with E-state index in [9.17, 15) is 18.4 Å². The van der Waals surface area contributed by atoms with Crippen molar-refractivity contribution in [2.24, 2.45) is 0 Å². The van der Waals surface area contributed by atoms with E-state index in [1.165, 1.54) is 16.7 Å². The number of amides is 1. The topological polar surface area (TPSA) is 89.0 Å². The molecule has 0 unspecified atom stereocenters. The summed E-state index contributed by atoms with van der Waals surface area (Å²) in [5.41, 5.74) is 0.179. The standard InChI is InChI=1S/C16H18F2N4O3S2/c17-14(18)27-12-5-3-10(4-6-12)19-13(23)9-26-16-21-20-15(24)22(16)8-11-2-1-7-25-11/h3-6,11,14H,1-2,7-9H2,(H,19,23)(H,20,24)/t11-/m0/s1. The van der Waals surface area contributed by atoms with Crippen LogP contribution in [0.15, 0.2) is 39.1 Å². The fraction of sp³-hybridized carbons (Fsp3) is 0.438. The molecule has 1 fully saturated rings. The summed E-state index contributed by atoms with van der Waals surface area (Å²) < 4.78 is 31.6. The van der Waals surface area contributed by atoms with Crippen LogP contribution in [-0.2, 0) is 16.1 Å². The van der Waals surface area contributed by atoms with Crippen LogP contribution in [0.4, 0.5) is 14.5 Å². The SMILES string of the molecule is O=C(CSc1n[nH]c(=O)n1C[C@@H]1CCCO1)Nc1ccc(SC(F)F)cc1. The minimum atomic E-state index is -2.48. The van der Waals surface area contributed by atoms with Gasteiger partial charge in [0.25, 0.3) is 5.76 Å². The van der Waals surface area contributed by atoms with E-state index in [2.05, 4.69) is 15.5 Å². The van der Waals surface area contributed by atoms with Crippen molar-refractivity contribution < 1.29 is 18.3 Å². The summed E-state index contributed by atoms with van der Waals surface area (Å²) in [5, 5.41) is 9.46. The summed E-state index contributed by atoms with van der Waals surface area (Å²) in [5.74, 6) is -2.71. The van der Waals surface area contributed by atoms with Gasteiger partial charge in [0.15, 0.2) is 5.16 Å². The molecule has 1 aromatic carbocycles. The van der Waals surface area contributed by atoms with Crippen LogP contribution >= 0.6 is 23.5 Å². The Labute approximate surface area is 162 Å². The molecule has 1 aliphatic rings. The molecular formula is C16H18F2N4O3S2. The van der Waals surface area contributed by atoms with E-state index in [4.69, 9.17) is 4.74 Å². The predicted molar refractivity (Wildman–Crippen MR) is 99.5 cm³/mol. The van der Waals surface area contributed by atoms with E-state index in [0.29, 0.717) is 40.7 Å². The van der Waals surface area contributed by atoms with Gasteiger partial charge in [-0.15, -0.1) is 5.10 Å². The van der Waals surface area contributed by atoms with Crippen molar-refractivity contribution in [3.8, 4) is 0 Å². The molecule has 0 saturated carbocycles. The summed E-state index contributed by atoms with van der Waals surface area (Å²) in [4.78, 5) is 24.4. The number of thioether (sulfide) groups is 2. The molecule has 1 atom stereocenters. The lowest BCUT2D eigenvalue weighted by Crippen LogP contribution is -2.25. The van der Waals surface area contributed by atoms with Gasteiger partial charge in [-0.25, -0.2) is 9.89 Å². The zero-order valence-electron chi connectivity index (χ0n) is 14.2. The normalized spacial score (nSPS) is 16.8. The molecule has 1 saturated heterocycles. The third-order valence-electron chi connectivity index (χ3n) is 3.83. The van der Waals surface area contributed by atoms with E-state index >= 15 is 0 Å². The number of benzene rings is 1. The van der Waals surface area contributed by atoms with Gasteiger partial charge in [-0.1, -0.05) is 23.5 Å². The highest BCUT2D eigenvalue weighted by atomic mass is 32.2. The summed E-state index contributed by atoms with van der Waals surface area (Å²) in [6, 6.07) is 6.17. The number of alkyl halides is 2. The first-order chi connectivity index (χ1) is 13.0. The first-order valence-corrected chi connectivity index (χ1v) is 10.1. The molecule has 2 heterocycles. The van der Waals surface area contributed by atoms with E-state index in [0.717, 1.165) is 24.6 Å². The summed E-state index contributed by atoms with van der Waals surface area (Å²) in [6.07, 6.45) is 1.84. The molecular weight excluding hydrogens is 398 g/mol. The number of hydrogen-bond acceptors (Lipinski definition) is 6. The first-order valence-electron chi connectivity index (χ1n) is 8.25. The highest BCUT2D eigenvalue weighted by Gasteiger charge is 2.20. The smallest absolute Gasteiger partial charge is 0.344 e. The largest absolute Gasteiger partial charge is 0.376 e. The van der Waals surface area contributed by atoms with Crippen LogP contribution in [0.3, 0.4) is 0 Å². The van der Waals surface area contributed by atoms with Crippen LogP contribution in [0.5, 0.6) is 0 Å². The van der Waals surface area contributed by atoms with Crippen LogP contribution in [0.2, 0.25) is 0 Å². The quantitative estimate of drug-likeness (QED) is 0.644. The van der Waals surface area contributed by atoms with Crippen LogP contribution in [0, 0.1) is 0 Å². The van der Waals surface area contributed by atoms with Crippen molar-refractivity contribution >= 4 is 35.1 Å². The zero-order chi connectivity index (χ0) is 19.2. The van der Waals surface area contributed by atoms with Gasteiger partial charge in [0.1, 0.15) is 0 Å². The first kappa shape index (κ1) is 19.9. The third kappa shape index (κ3) is 5.81. The molecule has 146 valence electrons. The van der Waals surface area contributed by atoms with Crippen molar-refractivity contribution in [2.75, 3.05) is 17.7 Å². The van der Waals surface area contributed by atoms with Crippen molar-refractivity contribution in [1.82, 2.24) is 14.8 Å². The molecule has 1 aliphatic heterocycles. The van der Waals surface area contributed by atoms with Gasteiger partial charge in [-0.3, -0.25) is 9.36 Å². The van der Waals surface area contributed by atoms with E-state index in [-0.39, 0.29) is 23.5 Å². The number of nitrogens with one attached hydrogen (secondary N) is 2. The lowest BCUT2D eigenvalue weighted by atomic mass is 10.2. The summed E-state index contributed by atoms with van der Waals surface area (Å²) in [7, 11) is 0.